The van der Waals surface area contributed by atoms with Crippen LogP contribution >= 0.6 is 0 Å². The summed E-state index contributed by atoms with van der Waals surface area (Å²) in [6.07, 6.45) is 6.27. The number of rotatable bonds is 0. The molecule has 0 bridgehead atoms. The molecule has 20 heavy (non-hydrogen) atoms. The van der Waals surface area contributed by atoms with E-state index in [0.717, 1.165) is 11.5 Å². The summed E-state index contributed by atoms with van der Waals surface area (Å²) in [7, 11) is 0. The first kappa shape index (κ1) is 16.4. The van der Waals surface area contributed by atoms with Crippen LogP contribution in [0.4, 0.5) is 0 Å². The van der Waals surface area contributed by atoms with E-state index in [1.807, 2.05) is 45.9 Å². The normalized spacial score (nSPS) is 21.4. The third kappa shape index (κ3) is 3.66. The molecule has 2 nitrogen and oxygen atoms in total. The zero-order valence-electron chi connectivity index (χ0n) is 13.4. The lowest BCUT2D eigenvalue weighted by Crippen LogP contribution is -2.38. The third-order valence-electron chi connectivity index (χ3n) is 2.93. The lowest BCUT2D eigenvalue weighted by molar-refractivity contribution is 0.0749. The van der Waals surface area contributed by atoms with Crippen molar-refractivity contribution in [3.8, 4) is 11.5 Å². The van der Waals surface area contributed by atoms with Crippen molar-refractivity contribution in [2.75, 3.05) is 0 Å². The minimum absolute atomic E-state index is 0.0120. The van der Waals surface area contributed by atoms with E-state index >= 15 is 0 Å². The van der Waals surface area contributed by atoms with Gasteiger partial charge in [0.05, 0.1) is 0 Å². The number of allylic oxidation sites excluding steroid dienone is 2. The molecule has 0 fully saturated rings. The fraction of sp³-hybridized carbons (Fsp3) is 0.444. The van der Waals surface area contributed by atoms with Gasteiger partial charge in [-0.05, 0) is 43.7 Å². The van der Waals surface area contributed by atoms with E-state index < -0.39 is 0 Å². The second-order valence-corrected chi connectivity index (χ2v) is 4.38. The molecule has 1 aliphatic heterocycles. The van der Waals surface area contributed by atoms with E-state index in [1.165, 1.54) is 11.1 Å². The second-order valence-electron chi connectivity index (χ2n) is 4.38. The van der Waals surface area contributed by atoms with E-state index in [1.54, 1.807) is 0 Å². The second kappa shape index (κ2) is 7.78. The molecule has 3 rings (SSSR count). The molecule has 0 saturated heterocycles. The van der Waals surface area contributed by atoms with E-state index in [9.17, 15) is 0 Å². The molecule has 1 aromatic carbocycles. The van der Waals surface area contributed by atoms with Crippen molar-refractivity contribution in [1.82, 2.24) is 0 Å². The predicted molar refractivity (Wildman–Crippen MR) is 85.6 cm³/mol. The molecule has 2 unspecified atom stereocenters. The van der Waals surface area contributed by atoms with Crippen molar-refractivity contribution in [1.29, 1.82) is 0 Å². The minimum Gasteiger partial charge on any atom is -0.478 e. The molecule has 0 saturated carbocycles. The molecular weight excluding hydrogens is 248 g/mol. The zero-order chi connectivity index (χ0) is 15.1. The molecule has 0 aromatic heterocycles. The summed E-state index contributed by atoms with van der Waals surface area (Å²) in [4.78, 5) is 0. The first-order valence-corrected chi connectivity index (χ1v) is 7.53. The van der Waals surface area contributed by atoms with Crippen molar-refractivity contribution in [2.24, 2.45) is 0 Å². The first-order valence-electron chi connectivity index (χ1n) is 7.53. The predicted octanol–water partition coefficient (Wildman–Crippen LogP) is 5.07. The molecule has 2 aliphatic rings. The lowest BCUT2D eigenvalue weighted by atomic mass is 10.0. The van der Waals surface area contributed by atoms with Gasteiger partial charge in [-0.1, -0.05) is 45.4 Å². The minimum atomic E-state index is 0.0120. The molecular formula is C18H26O2. The summed E-state index contributed by atoms with van der Waals surface area (Å²) in [6, 6.07) is 6.03. The number of benzene rings is 1. The van der Waals surface area contributed by atoms with Crippen molar-refractivity contribution in [3.05, 3.63) is 47.6 Å². The van der Waals surface area contributed by atoms with Gasteiger partial charge in [0.15, 0.2) is 23.7 Å². The zero-order valence-corrected chi connectivity index (χ0v) is 13.4. The molecule has 1 aromatic rings. The van der Waals surface area contributed by atoms with Gasteiger partial charge in [0, 0.05) is 0 Å². The number of hydrogen-bond acceptors (Lipinski definition) is 2. The fourth-order valence-electron chi connectivity index (χ4n) is 2.07. The van der Waals surface area contributed by atoms with Crippen LogP contribution in [0.25, 0.3) is 0 Å². The quantitative estimate of drug-likeness (QED) is 0.657. The molecule has 110 valence electrons. The Morgan fingerprint density at radius 2 is 1.50 bits per heavy atom. The van der Waals surface area contributed by atoms with Crippen LogP contribution in [0.3, 0.4) is 0 Å². The Bertz CT molecular complexity index is 486. The van der Waals surface area contributed by atoms with E-state index in [-0.39, 0.29) is 12.2 Å². The maximum atomic E-state index is 5.91. The Kier molecular flexibility index (Phi) is 6.37. The molecule has 2 atom stereocenters. The van der Waals surface area contributed by atoms with Gasteiger partial charge in [-0.25, -0.2) is 0 Å². The SMILES string of the molecule is CC.CC.CC1=CC2Oc3ccc(C)cc3OC2C=C1. The van der Waals surface area contributed by atoms with Gasteiger partial charge in [-0.2, -0.15) is 0 Å². The number of aryl methyl sites for hydroxylation is 1. The summed E-state index contributed by atoms with van der Waals surface area (Å²) in [5, 5.41) is 0. The summed E-state index contributed by atoms with van der Waals surface area (Å²) in [6.45, 7) is 12.1. The third-order valence-corrected chi connectivity index (χ3v) is 2.93. The van der Waals surface area contributed by atoms with Gasteiger partial charge in [-0.15, -0.1) is 0 Å². The Balaban J connectivity index is 0.000000461. The van der Waals surface area contributed by atoms with Crippen LogP contribution in [0.5, 0.6) is 11.5 Å². The van der Waals surface area contributed by atoms with Crippen LogP contribution in [0.2, 0.25) is 0 Å². The molecule has 0 amide bonds. The van der Waals surface area contributed by atoms with Crippen LogP contribution in [-0.4, -0.2) is 12.2 Å². The van der Waals surface area contributed by atoms with Crippen molar-refractivity contribution in [3.63, 3.8) is 0 Å². The summed E-state index contributed by atoms with van der Waals surface area (Å²) in [5.41, 5.74) is 2.41. The van der Waals surface area contributed by atoms with Gasteiger partial charge in [0.2, 0.25) is 0 Å². The molecule has 1 heterocycles. The van der Waals surface area contributed by atoms with Crippen LogP contribution in [0.1, 0.15) is 40.2 Å². The van der Waals surface area contributed by atoms with Crippen LogP contribution in [-0.2, 0) is 0 Å². The van der Waals surface area contributed by atoms with Crippen LogP contribution in [0.15, 0.2) is 42.0 Å². The molecule has 0 N–H and O–H groups in total. The molecule has 0 radical (unpaired) electrons. The average molecular weight is 274 g/mol. The smallest absolute Gasteiger partial charge is 0.162 e. The number of hydrogen-bond donors (Lipinski definition) is 0. The van der Waals surface area contributed by atoms with E-state index in [2.05, 4.69) is 32.1 Å². The van der Waals surface area contributed by atoms with Gasteiger partial charge in [0.1, 0.15) is 0 Å². The van der Waals surface area contributed by atoms with E-state index in [4.69, 9.17) is 9.47 Å². The van der Waals surface area contributed by atoms with Crippen molar-refractivity contribution < 1.29 is 9.47 Å². The maximum absolute atomic E-state index is 5.91. The van der Waals surface area contributed by atoms with Gasteiger partial charge in [0.25, 0.3) is 0 Å². The Labute approximate surface area is 123 Å². The van der Waals surface area contributed by atoms with Gasteiger partial charge < -0.3 is 9.47 Å². The van der Waals surface area contributed by atoms with E-state index in [0.29, 0.717) is 0 Å². The highest BCUT2D eigenvalue weighted by atomic mass is 16.6. The Morgan fingerprint density at radius 3 is 2.20 bits per heavy atom. The standard InChI is InChI=1S/C14H14O2.2C2H6/c1-9-3-5-11-13(7-9)15-12-6-4-10(2)8-14(12)16-11;2*1-2/h3-8,11,13H,1-2H3;2*1-2H3. The molecule has 2 heteroatoms. The summed E-state index contributed by atoms with van der Waals surface area (Å²) in [5.74, 6) is 1.69. The maximum Gasteiger partial charge on any atom is 0.162 e. The van der Waals surface area contributed by atoms with Crippen LogP contribution < -0.4 is 9.47 Å². The monoisotopic (exact) mass is 274 g/mol. The highest BCUT2D eigenvalue weighted by Crippen LogP contribution is 2.36. The summed E-state index contributed by atoms with van der Waals surface area (Å²) >= 11 is 0. The highest BCUT2D eigenvalue weighted by Gasteiger charge is 2.29. The number of ether oxygens (including phenoxy) is 2. The van der Waals surface area contributed by atoms with Gasteiger partial charge in [-0.3, -0.25) is 0 Å². The lowest BCUT2D eigenvalue weighted by Gasteiger charge is -2.32. The molecule has 0 spiro atoms. The Morgan fingerprint density at radius 1 is 0.850 bits per heavy atom. The fourth-order valence-corrected chi connectivity index (χ4v) is 2.07. The van der Waals surface area contributed by atoms with Crippen molar-refractivity contribution in [2.45, 2.75) is 53.8 Å². The molecule has 1 aliphatic carbocycles. The largest absolute Gasteiger partial charge is 0.478 e. The first-order chi connectivity index (χ1) is 9.72. The van der Waals surface area contributed by atoms with Crippen molar-refractivity contribution >= 4 is 0 Å². The highest BCUT2D eigenvalue weighted by molar-refractivity contribution is 5.46. The summed E-state index contributed by atoms with van der Waals surface area (Å²) < 4.78 is 11.8. The van der Waals surface area contributed by atoms with Crippen LogP contribution in [0, 0.1) is 6.92 Å². The Hall–Kier alpha value is -1.70. The average Bonchev–Trinajstić information content (AvgIpc) is 2.49. The topological polar surface area (TPSA) is 18.5 Å². The number of fused-ring (bicyclic) bond motifs is 2. The van der Waals surface area contributed by atoms with Gasteiger partial charge >= 0.3 is 0 Å².